The number of aryl methyl sites for hydroxylation is 1. The summed E-state index contributed by atoms with van der Waals surface area (Å²) in [5.41, 5.74) is 1.31. The minimum atomic E-state index is 0.708. The molecule has 2 heterocycles. The molecule has 1 saturated carbocycles. The molecule has 2 fully saturated rings. The van der Waals surface area contributed by atoms with E-state index in [9.17, 15) is 0 Å². The molecule has 1 aromatic rings. The fourth-order valence-corrected chi connectivity index (χ4v) is 3.77. The molecule has 3 unspecified atom stereocenters. The van der Waals surface area contributed by atoms with Gasteiger partial charge in [-0.2, -0.15) is 5.10 Å². The van der Waals surface area contributed by atoms with Gasteiger partial charge < -0.3 is 10.2 Å². The fourth-order valence-electron chi connectivity index (χ4n) is 3.77. The SMILES string of the molecule is CN(Cc1cnn(C)c1)CC1NCC2CCCC21. The molecular formula is C14H24N4. The van der Waals surface area contributed by atoms with Crippen molar-refractivity contribution in [1.82, 2.24) is 20.0 Å². The number of rotatable bonds is 4. The summed E-state index contributed by atoms with van der Waals surface area (Å²) in [5.74, 6) is 1.89. The second-order valence-corrected chi connectivity index (χ2v) is 6.09. The third kappa shape index (κ3) is 2.45. The average molecular weight is 248 g/mol. The molecule has 1 saturated heterocycles. The second-order valence-electron chi connectivity index (χ2n) is 6.09. The molecule has 4 heteroatoms. The summed E-state index contributed by atoms with van der Waals surface area (Å²) in [6, 6.07) is 0.708. The van der Waals surface area contributed by atoms with Gasteiger partial charge in [0.2, 0.25) is 0 Å². The van der Waals surface area contributed by atoms with Gasteiger partial charge in [0.05, 0.1) is 6.20 Å². The summed E-state index contributed by atoms with van der Waals surface area (Å²) in [6.45, 7) is 3.41. The monoisotopic (exact) mass is 248 g/mol. The molecule has 3 rings (SSSR count). The highest BCUT2D eigenvalue weighted by Gasteiger charge is 2.38. The molecule has 4 nitrogen and oxygen atoms in total. The van der Waals surface area contributed by atoms with E-state index in [0.717, 1.165) is 24.9 Å². The highest BCUT2D eigenvalue weighted by Crippen LogP contribution is 2.37. The molecule has 0 amide bonds. The Hall–Kier alpha value is -0.870. The molecule has 2 aliphatic rings. The maximum absolute atomic E-state index is 4.23. The first-order valence-electron chi connectivity index (χ1n) is 7.12. The summed E-state index contributed by atoms with van der Waals surface area (Å²) in [6.07, 6.45) is 8.40. The van der Waals surface area contributed by atoms with Gasteiger partial charge in [-0.1, -0.05) is 6.42 Å². The van der Waals surface area contributed by atoms with Crippen molar-refractivity contribution in [3.63, 3.8) is 0 Å². The Balaban J connectivity index is 1.53. The Bertz CT molecular complexity index is 400. The van der Waals surface area contributed by atoms with E-state index < -0.39 is 0 Å². The van der Waals surface area contributed by atoms with Crippen LogP contribution in [-0.4, -0.2) is 40.9 Å². The van der Waals surface area contributed by atoms with Gasteiger partial charge in [0.15, 0.2) is 0 Å². The molecule has 0 aromatic carbocycles. The molecule has 1 aromatic heterocycles. The number of fused-ring (bicyclic) bond motifs is 1. The van der Waals surface area contributed by atoms with Crippen LogP contribution >= 0.6 is 0 Å². The quantitative estimate of drug-likeness (QED) is 0.870. The zero-order valence-electron chi connectivity index (χ0n) is 11.5. The third-order valence-electron chi connectivity index (χ3n) is 4.60. The van der Waals surface area contributed by atoms with Crippen LogP contribution in [0.3, 0.4) is 0 Å². The zero-order chi connectivity index (χ0) is 12.5. The number of nitrogens with one attached hydrogen (secondary N) is 1. The van der Waals surface area contributed by atoms with Crippen LogP contribution in [0.1, 0.15) is 24.8 Å². The van der Waals surface area contributed by atoms with Gasteiger partial charge in [-0.05, 0) is 38.3 Å². The number of likely N-dealkylation sites (N-methyl/N-ethyl adjacent to an activating group) is 1. The first kappa shape index (κ1) is 12.2. The molecule has 0 bridgehead atoms. The predicted octanol–water partition coefficient (Wildman–Crippen LogP) is 1.24. The molecular weight excluding hydrogens is 224 g/mol. The van der Waals surface area contributed by atoms with Gasteiger partial charge in [0, 0.05) is 37.9 Å². The van der Waals surface area contributed by atoms with Crippen LogP contribution in [0.25, 0.3) is 0 Å². The van der Waals surface area contributed by atoms with Crippen LogP contribution in [0.4, 0.5) is 0 Å². The maximum atomic E-state index is 4.23. The van der Waals surface area contributed by atoms with Crippen LogP contribution in [0.15, 0.2) is 12.4 Å². The van der Waals surface area contributed by atoms with Gasteiger partial charge in [-0.25, -0.2) is 0 Å². The lowest BCUT2D eigenvalue weighted by atomic mass is 9.94. The second kappa shape index (κ2) is 5.02. The van der Waals surface area contributed by atoms with Crippen LogP contribution in [-0.2, 0) is 13.6 Å². The minimum absolute atomic E-state index is 0.708. The topological polar surface area (TPSA) is 33.1 Å². The Morgan fingerprint density at radius 3 is 3.17 bits per heavy atom. The Morgan fingerprint density at radius 1 is 1.50 bits per heavy atom. The number of hydrogen-bond donors (Lipinski definition) is 1. The van der Waals surface area contributed by atoms with Crippen LogP contribution in [0.5, 0.6) is 0 Å². The van der Waals surface area contributed by atoms with E-state index in [1.807, 2.05) is 17.9 Å². The Labute approximate surface area is 109 Å². The number of nitrogens with zero attached hydrogens (tertiary/aromatic N) is 3. The first-order chi connectivity index (χ1) is 8.72. The molecule has 0 spiro atoms. The standard InChI is InChI=1S/C14H24N4/c1-17(8-11-6-16-18(2)9-11)10-14-13-5-3-4-12(13)7-15-14/h6,9,12-15H,3-5,7-8,10H2,1-2H3. The molecule has 18 heavy (non-hydrogen) atoms. The van der Waals surface area contributed by atoms with Crippen LogP contribution in [0.2, 0.25) is 0 Å². The normalized spacial score (nSPS) is 31.2. The molecule has 100 valence electrons. The lowest BCUT2D eigenvalue weighted by molar-refractivity contribution is 0.259. The van der Waals surface area contributed by atoms with Crippen molar-refractivity contribution in [2.24, 2.45) is 18.9 Å². The van der Waals surface area contributed by atoms with Crippen molar-refractivity contribution in [2.75, 3.05) is 20.1 Å². The van der Waals surface area contributed by atoms with Crippen LogP contribution in [0, 0.1) is 11.8 Å². The molecule has 1 aliphatic heterocycles. The van der Waals surface area contributed by atoms with Crippen molar-refractivity contribution in [2.45, 2.75) is 31.8 Å². The third-order valence-corrected chi connectivity index (χ3v) is 4.60. The van der Waals surface area contributed by atoms with E-state index in [1.54, 1.807) is 0 Å². The Kier molecular flexibility index (Phi) is 3.39. The summed E-state index contributed by atoms with van der Waals surface area (Å²) in [4.78, 5) is 2.43. The highest BCUT2D eigenvalue weighted by molar-refractivity contribution is 5.03. The minimum Gasteiger partial charge on any atom is -0.312 e. The van der Waals surface area contributed by atoms with E-state index in [4.69, 9.17) is 0 Å². The lowest BCUT2D eigenvalue weighted by Gasteiger charge is -2.24. The van der Waals surface area contributed by atoms with E-state index >= 15 is 0 Å². The highest BCUT2D eigenvalue weighted by atomic mass is 15.2. The van der Waals surface area contributed by atoms with Crippen molar-refractivity contribution >= 4 is 0 Å². The smallest absolute Gasteiger partial charge is 0.0534 e. The number of aromatic nitrogens is 2. The van der Waals surface area contributed by atoms with Gasteiger partial charge in [0.1, 0.15) is 0 Å². The molecule has 0 radical (unpaired) electrons. The van der Waals surface area contributed by atoms with Crippen molar-refractivity contribution in [3.05, 3.63) is 18.0 Å². The van der Waals surface area contributed by atoms with Gasteiger partial charge in [-0.3, -0.25) is 4.68 Å². The van der Waals surface area contributed by atoms with Crippen molar-refractivity contribution in [3.8, 4) is 0 Å². The van der Waals surface area contributed by atoms with E-state index in [2.05, 4.69) is 28.6 Å². The summed E-state index contributed by atoms with van der Waals surface area (Å²) in [5, 5.41) is 7.95. The predicted molar refractivity (Wildman–Crippen MR) is 72.2 cm³/mol. The van der Waals surface area contributed by atoms with Crippen molar-refractivity contribution in [1.29, 1.82) is 0 Å². The fraction of sp³-hybridized carbons (Fsp3) is 0.786. The average Bonchev–Trinajstić information content (AvgIpc) is 2.98. The zero-order valence-corrected chi connectivity index (χ0v) is 11.5. The summed E-state index contributed by atoms with van der Waals surface area (Å²) >= 11 is 0. The van der Waals surface area contributed by atoms with Crippen LogP contribution < -0.4 is 5.32 Å². The lowest BCUT2D eigenvalue weighted by Crippen LogP contribution is -2.38. The molecule has 3 atom stereocenters. The van der Waals surface area contributed by atoms with Crippen molar-refractivity contribution < 1.29 is 0 Å². The number of hydrogen-bond acceptors (Lipinski definition) is 3. The summed E-state index contributed by atoms with van der Waals surface area (Å²) in [7, 11) is 4.20. The molecule has 1 aliphatic carbocycles. The van der Waals surface area contributed by atoms with Gasteiger partial charge in [0.25, 0.3) is 0 Å². The van der Waals surface area contributed by atoms with Gasteiger partial charge >= 0.3 is 0 Å². The van der Waals surface area contributed by atoms with E-state index in [1.165, 1.54) is 31.4 Å². The maximum Gasteiger partial charge on any atom is 0.0534 e. The van der Waals surface area contributed by atoms with Gasteiger partial charge in [-0.15, -0.1) is 0 Å². The summed E-state index contributed by atoms with van der Waals surface area (Å²) < 4.78 is 1.88. The van der Waals surface area contributed by atoms with E-state index in [-0.39, 0.29) is 0 Å². The molecule has 1 N–H and O–H groups in total. The largest absolute Gasteiger partial charge is 0.312 e. The first-order valence-corrected chi connectivity index (χ1v) is 7.12. The van der Waals surface area contributed by atoms with E-state index in [0.29, 0.717) is 6.04 Å². The Morgan fingerprint density at radius 2 is 2.39 bits per heavy atom.